The number of aromatic nitrogens is 1. The molecule has 2 aromatic rings. The first-order valence-corrected chi connectivity index (χ1v) is 6.64. The Morgan fingerprint density at radius 2 is 2.24 bits per heavy atom. The molecule has 0 spiro atoms. The summed E-state index contributed by atoms with van der Waals surface area (Å²) in [6.45, 7) is 7.02. The van der Waals surface area contributed by atoms with Crippen LogP contribution < -0.4 is 5.32 Å². The minimum atomic E-state index is 0.0511. The van der Waals surface area contributed by atoms with Gasteiger partial charge >= 0.3 is 0 Å². The molecule has 2 aromatic heterocycles. The molecule has 0 aliphatic carbocycles. The van der Waals surface area contributed by atoms with Gasteiger partial charge in [0.1, 0.15) is 5.69 Å². The highest BCUT2D eigenvalue weighted by Crippen LogP contribution is 2.35. The first kappa shape index (κ1) is 12.6. The lowest BCUT2D eigenvalue weighted by atomic mass is 10.1. The molecule has 92 valence electrons. The van der Waals surface area contributed by atoms with Gasteiger partial charge in [0.2, 0.25) is 0 Å². The molecule has 0 saturated carbocycles. The topological polar surface area (TPSA) is 38.1 Å². The quantitative estimate of drug-likeness (QED) is 0.918. The summed E-state index contributed by atoms with van der Waals surface area (Å²) in [4.78, 5) is 5.17. The largest absolute Gasteiger partial charge is 0.442 e. The van der Waals surface area contributed by atoms with Gasteiger partial charge in [0.25, 0.3) is 0 Å². The van der Waals surface area contributed by atoms with Crippen molar-refractivity contribution in [2.24, 2.45) is 0 Å². The molecule has 3 nitrogen and oxygen atoms in total. The van der Waals surface area contributed by atoms with E-state index in [0.29, 0.717) is 11.6 Å². The minimum absolute atomic E-state index is 0.0511. The van der Waals surface area contributed by atoms with E-state index in [-0.39, 0.29) is 5.54 Å². The fourth-order valence-corrected chi connectivity index (χ4v) is 2.54. The number of rotatable bonds is 3. The highest BCUT2D eigenvalue weighted by molar-refractivity contribution is 7.14. The molecular weight excluding hydrogens is 256 g/mol. The maximum atomic E-state index is 6.10. The van der Waals surface area contributed by atoms with E-state index in [1.54, 1.807) is 11.3 Å². The lowest BCUT2D eigenvalue weighted by molar-refractivity contribution is 0.421. The number of oxazole rings is 1. The van der Waals surface area contributed by atoms with Crippen molar-refractivity contribution in [1.29, 1.82) is 0 Å². The van der Waals surface area contributed by atoms with Crippen LogP contribution in [0.2, 0.25) is 5.02 Å². The number of hydrogen-bond donors (Lipinski definition) is 1. The van der Waals surface area contributed by atoms with Crippen LogP contribution in [0.15, 0.2) is 22.3 Å². The Labute approximate surface area is 110 Å². The molecule has 0 saturated heterocycles. The van der Waals surface area contributed by atoms with E-state index in [4.69, 9.17) is 16.0 Å². The van der Waals surface area contributed by atoms with Gasteiger partial charge in [-0.2, -0.15) is 0 Å². The standard InChI is InChI=1S/C12H15ClN2OS/c1-12(2,3)15-6-9-10(16-7-14-9)11-8(13)4-5-17-11/h4-5,7,15H,6H2,1-3H3. The van der Waals surface area contributed by atoms with Crippen molar-refractivity contribution in [3.05, 3.63) is 28.6 Å². The third-order valence-electron chi connectivity index (χ3n) is 2.25. The first-order valence-electron chi connectivity index (χ1n) is 5.38. The summed E-state index contributed by atoms with van der Waals surface area (Å²) in [5.41, 5.74) is 0.944. The second-order valence-corrected chi connectivity index (χ2v) is 6.15. The van der Waals surface area contributed by atoms with Crippen LogP contribution in [-0.2, 0) is 6.54 Å². The number of nitrogens with zero attached hydrogens (tertiary/aromatic N) is 1. The molecule has 1 N–H and O–H groups in total. The summed E-state index contributed by atoms with van der Waals surface area (Å²) in [5, 5.41) is 6.04. The Hall–Kier alpha value is -0.840. The van der Waals surface area contributed by atoms with Crippen molar-refractivity contribution < 1.29 is 4.42 Å². The molecule has 0 aromatic carbocycles. The molecular formula is C12H15ClN2OS. The Kier molecular flexibility index (Phi) is 3.56. The molecule has 0 unspecified atom stereocenters. The number of hydrogen-bond acceptors (Lipinski definition) is 4. The highest BCUT2D eigenvalue weighted by atomic mass is 35.5. The minimum Gasteiger partial charge on any atom is -0.442 e. The van der Waals surface area contributed by atoms with Crippen molar-refractivity contribution in [1.82, 2.24) is 10.3 Å². The monoisotopic (exact) mass is 270 g/mol. The molecule has 2 rings (SSSR count). The molecule has 17 heavy (non-hydrogen) atoms. The molecule has 0 radical (unpaired) electrons. The SMILES string of the molecule is CC(C)(C)NCc1ncoc1-c1sccc1Cl. The van der Waals surface area contributed by atoms with Crippen LogP contribution in [0.5, 0.6) is 0 Å². The maximum Gasteiger partial charge on any atom is 0.181 e. The van der Waals surface area contributed by atoms with Gasteiger partial charge in [-0.3, -0.25) is 0 Å². The fourth-order valence-electron chi connectivity index (χ4n) is 1.38. The maximum absolute atomic E-state index is 6.10. The summed E-state index contributed by atoms with van der Waals surface area (Å²) in [6.07, 6.45) is 1.46. The zero-order chi connectivity index (χ0) is 12.5. The highest BCUT2D eigenvalue weighted by Gasteiger charge is 2.17. The van der Waals surface area contributed by atoms with E-state index in [9.17, 15) is 0 Å². The molecule has 0 aliphatic heterocycles. The van der Waals surface area contributed by atoms with Crippen molar-refractivity contribution in [3.63, 3.8) is 0 Å². The van der Waals surface area contributed by atoms with Gasteiger partial charge in [-0.1, -0.05) is 11.6 Å². The van der Waals surface area contributed by atoms with Crippen LogP contribution in [0.4, 0.5) is 0 Å². The van der Waals surface area contributed by atoms with Crippen molar-refractivity contribution >= 4 is 22.9 Å². The van der Waals surface area contributed by atoms with Gasteiger partial charge in [0, 0.05) is 12.1 Å². The summed E-state index contributed by atoms with van der Waals surface area (Å²) in [6, 6.07) is 1.87. The zero-order valence-corrected chi connectivity index (χ0v) is 11.7. The smallest absolute Gasteiger partial charge is 0.181 e. The molecule has 0 bridgehead atoms. The van der Waals surface area contributed by atoms with Gasteiger partial charge in [0.05, 0.1) is 9.90 Å². The summed E-state index contributed by atoms with van der Waals surface area (Å²) < 4.78 is 5.43. The predicted molar refractivity (Wildman–Crippen MR) is 71.4 cm³/mol. The second-order valence-electron chi connectivity index (χ2n) is 4.83. The van der Waals surface area contributed by atoms with Crippen molar-refractivity contribution in [2.45, 2.75) is 32.9 Å². The van der Waals surface area contributed by atoms with E-state index in [1.807, 2.05) is 11.4 Å². The molecule has 0 amide bonds. The molecule has 0 atom stereocenters. The fraction of sp³-hybridized carbons (Fsp3) is 0.417. The number of thiophene rings is 1. The van der Waals surface area contributed by atoms with Gasteiger partial charge in [-0.05, 0) is 32.2 Å². The number of nitrogens with one attached hydrogen (secondary N) is 1. The van der Waals surface area contributed by atoms with E-state index in [0.717, 1.165) is 16.3 Å². The van der Waals surface area contributed by atoms with Gasteiger partial charge in [0.15, 0.2) is 12.2 Å². The van der Waals surface area contributed by atoms with Crippen LogP contribution >= 0.6 is 22.9 Å². The van der Waals surface area contributed by atoms with Crippen LogP contribution in [0.1, 0.15) is 26.5 Å². The Morgan fingerprint density at radius 1 is 1.47 bits per heavy atom. The molecule has 0 fully saturated rings. The van der Waals surface area contributed by atoms with Crippen LogP contribution in [0, 0.1) is 0 Å². The summed E-state index contributed by atoms with van der Waals surface area (Å²) >= 11 is 7.66. The Bertz CT molecular complexity index is 499. The van der Waals surface area contributed by atoms with Gasteiger partial charge < -0.3 is 9.73 Å². The summed E-state index contributed by atoms with van der Waals surface area (Å²) in [7, 11) is 0. The molecule has 5 heteroatoms. The van der Waals surface area contributed by atoms with Crippen molar-refractivity contribution in [3.8, 4) is 10.6 Å². The first-order chi connectivity index (χ1) is 7.97. The van der Waals surface area contributed by atoms with E-state index in [1.165, 1.54) is 6.39 Å². The molecule has 2 heterocycles. The predicted octanol–water partition coefficient (Wildman–Crippen LogP) is 3.94. The average molecular weight is 271 g/mol. The van der Waals surface area contributed by atoms with E-state index < -0.39 is 0 Å². The van der Waals surface area contributed by atoms with Gasteiger partial charge in [-0.15, -0.1) is 11.3 Å². The second kappa shape index (κ2) is 4.80. The normalized spacial score (nSPS) is 12.0. The lowest BCUT2D eigenvalue weighted by Crippen LogP contribution is -2.35. The third-order valence-corrected chi connectivity index (χ3v) is 3.59. The van der Waals surface area contributed by atoms with E-state index in [2.05, 4.69) is 31.1 Å². The summed E-state index contributed by atoms with van der Waals surface area (Å²) in [5.74, 6) is 0.766. The number of halogens is 1. The van der Waals surface area contributed by atoms with Crippen LogP contribution in [0.25, 0.3) is 10.6 Å². The Balaban J connectivity index is 2.21. The zero-order valence-electron chi connectivity index (χ0n) is 10.1. The van der Waals surface area contributed by atoms with E-state index >= 15 is 0 Å². The average Bonchev–Trinajstić information content (AvgIpc) is 2.81. The van der Waals surface area contributed by atoms with Crippen LogP contribution in [0.3, 0.4) is 0 Å². The third kappa shape index (κ3) is 3.09. The Morgan fingerprint density at radius 3 is 2.82 bits per heavy atom. The molecule has 0 aliphatic rings. The lowest BCUT2D eigenvalue weighted by Gasteiger charge is -2.19. The van der Waals surface area contributed by atoms with Crippen molar-refractivity contribution in [2.75, 3.05) is 0 Å². The van der Waals surface area contributed by atoms with Crippen LogP contribution in [-0.4, -0.2) is 10.5 Å². The van der Waals surface area contributed by atoms with Gasteiger partial charge in [-0.25, -0.2) is 4.98 Å².